The van der Waals surface area contributed by atoms with Gasteiger partial charge in [-0.3, -0.25) is 5.43 Å². The first-order valence-corrected chi connectivity index (χ1v) is 6.92. The van der Waals surface area contributed by atoms with Crippen LogP contribution in [0.3, 0.4) is 0 Å². The van der Waals surface area contributed by atoms with Crippen LogP contribution in [0.4, 0.5) is 4.39 Å². The Kier molecular flexibility index (Phi) is 4.81. The number of thiocarbonyl (C=S) groups is 1. The fraction of sp³-hybridized carbons (Fsp3) is 0. The monoisotopic (exact) mass is 351 g/mol. The Labute approximate surface area is 129 Å². The standard InChI is InChI=1S/C14H11BrFN3S/c15-10-7-5-9(6-8-10)13(18-19-14(17)20)11-3-1-2-4-12(11)16/h1-8H,(H3,17,19,20)/b18-13-. The lowest BCUT2D eigenvalue weighted by Crippen LogP contribution is -2.26. The Morgan fingerprint density at radius 2 is 1.80 bits per heavy atom. The smallest absolute Gasteiger partial charge is 0.184 e. The molecule has 0 spiro atoms. The molecule has 0 aliphatic carbocycles. The average molecular weight is 352 g/mol. The number of hydrazone groups is 1. The van der Waals surface area contributed by atoms with Crippen LogP contribution in [0, 0.1) is 5.82 Å². The van der Waals surface area contributed by atoms with Crippen LogP contribution in [0.1, 0.15) is 11.1 Å². The van der Waals surface area contributed by atoms with Gasteiger partial charge in [-0.25, -0.2) is 4.39 Å². The van der Waals surface area contributed by atoms with Crippen molar-refractivity contribution in [2.24, 2.45) is 10.8 Å². The lowest BCUT2D eigenvalue weighted by atomic mass is 10.0. The molecule has 0 saturated heterocycles. The minimum absolute atomic E-state index is 0.0240. The highest BCUT2D eigenvalue weighted by Crippen LogP contribution is 2.17. The molecule has 3 N–H and O–H groups in total. The molecule has 20 heavy (non-hydrogen) atoms. The summed E-state index contributed by atoms with van der Waals surface area (Å²) in [6.07, 6.45) is 0. The van der Waals surface area contributed by atoms with Gasteiger partial charge in [-0.2, -0.15) is 5.10 Å². The zero-order chi connectivity index (χ0) is 14.5. The van der Waals surface area contributed by atoms with Crippen LogP contribution in [0.15, 0.2) is 58.1 Å². The van der Waals surface area contributed by atoms with E-state index >= 15 is 0 Å². The second kappa shape index (κ2) is 6.58. The van der Waals surface area contributed by atoms with Gasteiger partial charge in [-0.1, -0.05) is 40.2 Å². The van der Waals surface area contributed by atoms with Crippen molar-refractivity contribution < 1.29 is 4.39 Å². The summed E-state index contributed by atoms with van der Waals surface area (Å²) >= 11 is 8.08. The maximum atomic E-state index is 13.9. The lowest BCUT2D eigenvalue weighted by molar-refractivity contribution is 0.625. The van der Waals surface area contributed by atoms with Crippen molar-refractivity contribution in [3.05, 3.63) is 69.9 Å². The molecule has 0 bridgehead atoms. The Bertz CT molecular complexity index is 656. The fourth-order valence-electron chi connectivity index (χ4n) is 1.65. The zero-order valence-electron chi connectivity index (χ0n) is 10.3. The molecular formula is C14H11BrFN3S. The number of hydrogen-bond donors (Lipinski definition) is 2. The van der Waals surface area contributed by atoms with Crippen LogP contribution in [-0.4, -0.2) is 10.8 Å². The van der Waals surface area contributed by atoms with Gasteiger partial charge in [0.1, 0.15) is 11.5 Å². The van der Waals surface area contributed by atoms with Crippen molar-refractivity contribution >= 4 is 39.0 Å². The molecule has 0 saturated carbocycles. The summed E-state index contributed by atoms with van der Waals surface area (Å²) in [5, 5.41) is 4.12. The number of nitrogens with two attached hydrogens (primary N) is 1. The van der Waals surface area contributed by atoms with Gasteiger partial charge in [-0.15, -0.1) is 0 Å². The first-order valence-electron chi connectivity index (χ1n) is 5.72. The van der Waals surface area contributed by atoms with Crippen molar-refractivity contribution in [3.63, 3.8) is 0 Å². The van der Waals surface area contributed by atoms with Gasteiger partial charge in [-0.05, 0) is 36.5 Å². The molecule has 2 rings (SSSR count). The molecule has 3 nitrogen and oxygen atoms in total. The minimum Gasteiger partial charge on any atom is -0.375 e. The molecule has 0 aromatic heterocycles. The number of benzene rings is 2. The van der Waals surface area contributed by atoms with Gasteiger partial charge in [0.2, 0.25) is 0 Å². The molecule has 2 aromatic carbocycles. The van der Waals surface area contributed by atoms with Gasteiger partial charge in [0.15, 0.2) is 5.11 Å². The van der Waals surface area contributed by atoms with Gasteiger partial charge in [0.25, 0.3) is 0 Å². The van der Waals surface area contributed by atoms with E-state index in [1.165, 1.54) is 6.07 Å². The second-order valence-electron chi connectivity index (χ2n) is 3.92. The Morgan fingerprint density at radius 1 is 1.15 bits per heavy atom. The predicted octanol–water partition coefficient (Wildman–Crippen LogP) is 3.17. The van der Waals surface area contributed by atoms with E-state index in [2.05, 4.69) is 26.5 Å². The number of nitrogens with one attached hydrogen (secondary N) is 1. The number of halogens is 2. The number of rotatable bonds is 3. The summed E-state index contributed by atoms with van der Waals surface area (Å²) in [5.74, 6) is -0.362. The molecule has 102 valence electrons. The van der Waals surface area contributed by atoms with Crippen LogP contribution in [0.5, 0.6) is 0 Å². The highest BCUT2D eigenvalue weighted by molar-refractivity contribution is 9.10. The minimum atomic E-state index is -0.362. The van der Waals surface area contributed by atoms with Crippen LogP contribution in [0.25, 0.3) is 0 Å². The molecule has 0 atom stereocenters. The SMILES string of the molecule is NC(=S)N/N=C(/c1ccc(Br)cc1)c1ccccc1F. The largest absolute Gasteiger partial charge is 0.375 e. The Hall–Kier alpha value is -1.79. The van der Waals surface area contributed by atoms with E-state index in [1.54, 1.807) is 18.2 Å². The molecule has 0 heterocycles. The van der Waals surface area contributed by atoms with Gasteiger partial charge < -0.3 is 5.73 Å². The van der Waals surface area contributed by atoms with Crippen LogP contribution >= 0.6 is 28.1 Å². The summed E-state index contributed by atoms with van der Waals surface area (Å²) in [6.45, 7) is 0. The Balaban J connectivity index is 2.50. The molecule has 6 heteroatoms. The molecule has 2 aromatic rings. The van der Waals surface area contributed by atoms with Gasteiger partial charge >= 0.3 is 0 Å². The van der Waals surface area contributed by atoms with E-state index in [1.807, 2.05) is 24.3 Å². The van der Waals surface area contributed by atoms with Crippen LogP contribution in [-0.2, 0) is 0 Å². The summed E-state index contributed by atoms with van der Waals surface area (Å²) < 4.78 is 14.9. The third kappa shape index (κ3) is 3.61. The first kappa shape index (κ1) is 14.6. The van der Waals surface area contributed by atoms with Gasteiger partial charge in [0, 0.05) is 15.6 Å². The summed E-state index contributed by atoms with van der Waals surface area (Å²) in [6, 6.07) is 13.8. The third-order valence-electron chi connectivity index (χ3n) is 2.52. The van der Waals surface area contributed by atoms with Crippen molar-refractivity contribution in [2.75, 3.05) is 0 Å². The Morgan fingerprint density at radius 3 is 2.40 bits per heavy atom. The molecule has 0 aliphatic heterocycles. The van der Waals surface area contributed by atoms with Crippen molar-refractivity contribution in [1.29, 1.82) is 0 Å². The second-order valence-corrected chi connectivity index (χ2v) is 5.28. The summed E-state index contributed by atoms with van der Waals surface area (Å²) in [7, 11) is 0. The van der Waals surface area contributed by atoms with E-state index in [0.717, 1.165) is 10.0 Å². The van der Waals surface area contributed by atoms with Crippen molar-refractivity contribution in [1.82, 2.24) is 5.43 Å². The molecule has 0 radical (unpaired) electrons. The van der Waals surface area contributed by atoms with Crippen LogP contribution in [0.2, 0.25) is 0 Å². The van der Waals surface area contributed by atoms with E-state index in [9.17, 15) is 4.39 Å². The average Bonchev–Trinajstić information content (AvgIpc) is 2.42. The maximum Gasteiger partial charge on any atom is 0.184 e. The topological polar surface area (TPSA) is 50.4 Å². The maximum absolute atomic E-state index is 13.9. The van der Waals surface area contributed by atoms with Crippen molar-refractivity contribution in [3.8, 4) is 0 Å². The third-order valence-corrected chi connectivity index (χ3v) is 3.14. The normalized spacial score (nSPS) is 11.2. The quantitative estimate of drug-likeness (QED) is 0.507. The van der Waals surface area contributed by atoms with Gasteiger partial charge in [0.05, 0.1) is 0 Å². The lowest BCUT2D eigenvalue weighted by Gasteiger charge is -2.09. The highest BCUT2D eigenvalue weighted by Gasteiger charge is 2.11. The number of nitrogens with zero attached hydrogens (tertiary/aromatic N) is 1. The van der Waals surface area contributed by atoms with E-state index in [-0.39, 0.29) is 10.9 Å². The van der Waals surface area contributed by atoms with Crippen LogP contribution < -0.4 is 11.2 Å². The molecule has 0 unspecified atom stereocenters. The molecule has 0 aliphatic rings. The van der Waals surface area contributed by atoms with E-state index in [4.69, 9.17) is 18.0 Å². The predicted molar refractivity (Wildman–Crippen MR) is 86.1 cm³/mol. The molecule has 0 fully saturated rings. The van der Waals surface area contributed by atoms with E-state index in [0.29, 0.717) is 11.3 Å². The number of hydrogen-bond acceptors (Lipinski definition) is 2. The fourth-order valence-corrected chi connectivity index (χ4v) is 1.96. The zero-order valence-corrected chi connectivity index (χ0v) is 12.7. The highest BCUT2D eigenvalue weighted by atomic mass is 79.9. The first-order chi connectivity index (χ1) is 9.58. The summed E-state index contributed by atoms with van der Waals surface area (Å²) in [5.41, 5.74) is 9.43. The molecular weight excluding hydrogens is 341 g/mol. The van der Waals surface area contributed by atoms with Crippen molar-refractivity contribution in [2.45, 2.75) is 0 Å². The summed E-state index contributed by atoms with van der Waals surface area (Å²) in [4.78, 5) is 0. The molecule has 0 amide bonds. The van der Waals surface area contributed by atoms with E-state index < -0.39 is 0 Å².